The van der Waals surface area contributed by atoms with E-state index in [4.69, 9.17) is 23.4 Å². The number of carbonyl (C=O) groups excluding carboxylic acids is 1. The van der Waals surface area contributed by atoms with Crippen LogP contribution < -0.4 is 20.1 Å². The van der Waals surface area contributed by atoms with Gasteiger partial charge in [-0.1, -0.05) is 102 Å². The SMILES string of the molecule is CCOC(=O)CCc1cc2ccoc2c2c1OC1OC3(CSSC4(CCC5(CCC(CNC)C5)C4CCC4(O)CCC5(C=CC(O)=CC5c5ccc6ccccc6c5)C4)C(CCC(C)CCCC3O)NCCO2)C2(O)CC3C=CC(O)C(CO)C3C1(O)C2O. The van der Waals surface area contributed by atoms with Crippen LogP contribution in [-0.4, -0.2) is 150 Å². The number of furan rings is 1. The number of nitrogens with one attached hydrogen (secondary N) is 2. The molecule has 6 aliphatic carbocycles. The van der Waals surface area contributed by atoms with E-state index in [0.29, 0.717) is 54.7 Å². The molecular formula is C71H94N2O14S2. The van der Waals surface area contributed by atoms with Crippen molar-refractivity contribution in [2.24, 2.45) is 46.3 Å². The number of ether oxygens (including phenoxy) is 4. The maximum absolute atomic E-state index is 14.0. The van der Waals surface area contributed by atoms with E-state index >= 15 is 0 Å². The number of esters is 1. The Hall–Kier alpha value is -4.15. The maximum Gasteiger partial charge on any atom is 0.306 e. The van der Waals surface area contributed by atoms with Crippen LogP contribution in [0.2, 0.25) is 0 Å². The van der Waals surface area contributed by atoms with E-state index in [1.165, 1.54) is 0 Å². The van der Waals surface area contributed by atoms with Crippen LogP contribution in [0.25, 0.3) is 21.7 Å². The molecule has 9 aliphatic rings. The molecule has 0 radical (unpaired) electrons. The van der Waals surface area contributed by atoms with Gasteiger partial charge in [-0.25, -0.2) is 0 Å². The summed E-state index contributed by atoms with van der Waals surface area (Å²) in [6.45, 7) is 5.10. The first-order chi connectivity index (χ1) is 42.9. The van der Waals surface area contributed by atoms with Crippen molar-refractivity contribution >= 4 is 49.3 Å². The molecular weight excluding hydrogens is 1170 g/mol. The van der Waals surface area contributed by atoms with Gasteiger partial charge in [0, 0.05) is 64.7 Å². The zero-order chi connectivity index (χ0) is 62.1. The predicted octanol–water partition coefficient (Wildman–Crippen LogP) is 9.88. The van der Waals surface area contributed by atoms with Gasteiger partial charge in [0.25, 0.3) is 0 Å². The Labute approximate surface area is 531 Å². The zero-order valence-corrected chi connectivity index (χ0v) is 53.5. The molecule has 13 rings (SSSR count). The Morgan fingerprint density at radius 2 is 1.75 bits per heavy atom. The monoisotopic (exact) mass is 1260 g/mol. The molecule has 89 heavy (non-hydrogen) atoms. The molecule has 4 heterocycles. The summed E-state index contributed by atoms with van der Waals surface area (Å²) >= 11 is 0. The first-order valence-corrected chi connectivity index (χ1v) is 35.6. The van der Waals surface area contributed by atoms with Crippen LogP contribution in [-0.2, 0) is 20.7 Å². The van der Waals surface area contributed by atoms with E-state index in [0.717, 1.165) is 87.1 Å². The van der Waals surface area contributed by atoms with Gasteiger partial charge in [0.15, 0.2) is 16.9 Å². The summed E-state index contributed by atoms with van der Waals surface area (Å²) in [4.78, 5) is 13.2. The molecule has 4 aromatic rings. The molecule has 18 heteroatoms. The van der Waals surface area contributed by atoms with Crippen LogP contribution in [0.1, 0.15) is 140 Å². The van der Waals surface area contributed by atoms with Gasteiger partial charge in [0.2, 0.25) is 12.0 Å². The lowest BCUT2D eigenvalue weighted by Crippen LogP contribution is -2.86. The number of rotatable bonds is 11. The lowest BCUT2D eigenvalue weighted by molar-refractivity contribution is -0.424. The molecule has 0 amide bonds. The van der Waals surface area contributed by atoms with E-state index in [1.807, 2.05) is 31.3 Å². The number of hydrogen-bond acceptors (Lipinski definition) is 18. The lowest BCUT2D eigenvalue weighted by atomic mass is 9.50. The molecule has 1 aromatic heterocycles. The number of carbonyl (C=O) groups is 1. The smallest absolute Gasteiger partial charge is 0.306 e. The van der Waals surface area contributed by atoms with E-state index in [1.54, 1.807) is 53.0 Å². The van der Waals surface area contributed by atoms with Crippen molar-refractivity contribution in [3.05, 3.63) is 108 Å². The molecule has 19 atom stereocenters. The van der Waals surface area contributed by atoms with Crippen LogP contribution in [0.15, 0.2) is 101 Å². The highest BCUT2D eigenvalue weighted by Gasteiger charge is 2.78. The first kappa shape index (κ1) is 63.6. The molecule has 3 aliphatic heterocycles. The summed E-state index contributed by atoms with van der Waals surface area (Å²) in [5, 5.41) is 112. The number of aryl methyl sites for hydroxylation is 1. The third-order valence-electron chi connectivity index (χ3n) is 23.7. The van der Waals surface area contributed by atoms with Gasteiger partial charge >= 0.3 is 5.97 Å². The minimum absolute atomic E-state index is 0.0345. The molecule has 4 saturated carbocycles. The Kier molecular flexibility index (Phi) is 17.8. The molecule has 10 N–H and O–H groups in total. The van der Waals surface area contributed by atoms with Crippen molar-refractivity contribution in [3.8, 4) is 11.5 Å². The number of fused-ring (bicyclic) bond motifs is 12. The highest BCUT2D eigenvalue weighted by Crippen LogP contribution is 2.70. The van der Waals surface area contributed by atoms with Crippen molar-refractivity contribution in [3.63, 3.8) is 0 Å². The van der Waals surface area contributed by atoms with Gasteiger partial charge in [0.05, 0.1) is 30.7 Å². The quantitative estimate of drug-likeness (QED) is 0.0381. The average molecular weight is 1260 g/mol. The summed E-state index contributed by atoms with van der Waals surface area (Å²) in [5.41, 5.74) is -6.40. The molecule has 16 nitrogen and oxygen atoms in total. The van der Waals surface area contributed by atoms with Crippen molar-refractivity contribution in [2.75, 3.05) is 45.7 Å². The lowest BCUT2D eigenvalue weighted by Gasteiger charge is -2.67. The third kappa shape index (κ3) is 11.0. The Morgan fingerprint density at radius 1 is 0.910 bits per heavy atom. The number of benzene rings is 3. The van der Waals surface area contributed by atoms with Gasteiger partial charge in [0.1, 0.15) is 29.7 Å². The highest BCUT2D eigenvalue weighted by molar-refractivity contribution is 8.77. The van der Waals surface area contributed by atoms with Gasteiger partial charge in [-0.2, -0.15) is 0 Å². The Balaban J connectivity index is 0.933. The Bertz CT molecular complexity index is 3320. The van der Waals surface area contributed by atoms with Gasteiger partial charge in [-0.15, -0.1) is 0 Å². The van der Waals surface area contributed by atoms with E-state index in [-0.39, 0.29) is 91.1 Å². The molecule has 6 fully saturated rings. The summed E-state index contributed by atoms with van der Waals surface area (Å²) < 4.78 is 32.8. The summed E-state index contributed by atoms with van der Waals surface area (Å²) in [5.74, 6) is -2.18. The first-order valence-electron chi connectivity index (χ1n) is 33.3. The second-order valence-corrected chi connectivity index (χ2v) is 31.3. The maximum atomic E-state index is 14.0. The normalized spacial score (nSPS) is 41.3. The molecule has 19 unspecified atom stereocenters. The van der Waals surface area contributed by atoms with Crippen molar-refractivity contribution in [1.29, 1.82) is 0 Å². The second kappa shape index (κ2) is 25.0. The number of aliphatic hydroxyl groups is 8. The van der Waals surface area contributed by atoms with Crippen LogP contribution in [0.5, 0.6) is 11.5 Å². The van der Waals surface area contributed by atoms with Crippen molar-refractivity contribution in [2.45, 2.75) is 193 Å². The van der Waals surface area contributed by atoms with Gasteiger partial charge in [-0.3, -0.25) is 4.79 Å². The zero-order valence-electron chi connectivity index (χ0n) is 51.9. The Morgan fingerprint density at radius 3 is 2.57 bits per heavy atom. The molecule has 3 aromatic carbocycles. The molecule has 4 spiro atoms. The van der Waals surface area contributed by atoms with E-state index in [2.05, 4.69) is 60.0 Å². The van der Waals surface area contributed by atoms with Crippen molar-refractivity contribution < 1.29 is 69.0 Å². The predicted molar refractivity (Wildman–Crippen MR) is 344 cm³/mol. The van der Waals surface area contributed by atoms with Gasteiger partial charge < -0.3 is 74.9 Å². The van der Waals surface area contributed by atoms with Crippen LogP contribution in [0.4, 0.5) is 0 Å². The summed E-state index contributed by atoms with van der Waals surface area (Å²) in [6, 6.07) is 18.5. The van der Waals surface area contributed by atoms with Crippen LogP contribution >= 0.6 is 21.6 Å². The van der Waals surface area contributed by atoms with Crippen molar-refractivity contribution in [1.82, 2.24) is 10.6 Å². The van der Waals surface area contributed by atoms with E-state index < -0.39 is 87.5 Å². The minimum atomic E-state index is -2.53. The van der Waals surface area contributed by atoms with Crippen LogP contribution in [0.3, 0.4) is 0 Å². The topological polar surface area (TPSA) is 253 Å². The third-order valence-corrected chi connectivity index (χ3v) is 27.1. The molecule has 484 valence electrons. The standard InChI is InChI=1S/C71H94N2O14S2/c1-4-83-58(78)19-16-48-35-49-23-32-84-60(49)62-61(48)86-64-71(82)59-50(15-17-54(76)52(59)40-74)38-69(81,63(71)79)70(87-64)42-88-89-68(56(73-31-33-85-62)18-12-43(2)8-7-11-57(70)77)30-28-65(24-20-44(37-65)39-72-3)55(68)22-26-67(80)29-27-66(41-67)25-21-51(75)36-53(66)47-14-13-45-9-5-6-10-46(45)34-47/h5-6,9-10,13-15,17,21,23,25,32,34-36,43-44,50,52-57,59,63-64,72-77,79-82H,4,7-8,11-12,16,18-20,22,24,26-31,33,37-42H2,1-3H3. The average Bonchev–Trinajstić information content (AvgIpc) is 1.61. The number of aliphatic hydroxyl groups excluding tert-OH is 5. The minimum Gasteiger partial charge on any atom is -0.508 e. The number of hydrogen-bond donors (Lipinski definition) is 10. The summed E-state index contributed by atoms with van der Waals surface area (Å²) in [7, 11) is 5.39. The second-order valence-electron chi connectivity index (χ2n) is 28.7. The number of allylic oxidation sites excluding steroid dienone is 4. The van der Waals surface area contributed by atoms with Crippen LogP contribution in [0, 0.1) is 46.3 Å². The fraction of sp³-hybridized carbons (Fsp3) is 0.648. The van der Waals surface area contributed by atoms with Gasteiger partial charge in [-0.05, 0) is 192 Å². The highest BCUT2D eigenvalue weighted by atomic mass is 33.1. The molecule has 5 bridgehead atoms. The molecule has 2 saturated heterocycles. The van der Waals surface area contributed by atoms with E-state index in [9.17, 15) is 45.6 Å². The fourth-order valence-corrected chi connectivity index (χ4v) is 23.6. The largest absolute Gasteiger partial charge is 0.508 e. The summed E-state index contributed by atoms with van der Waals surface area (Å²) in [6.07, 6.45) is 15.8. The fourth-order valence-electron chi connectivity index (χ4n) is 19.3.